The molecule has 144 valence electrons. The Bertz CT molecular complexity index is 1050. The molecule has 0 aliphatic rings. The van der Waals surface area contributed by atoms with Gasteiger partial charge in [-0.3, -0.25) is 4.79 Å². The average Bonchev–Trinajstić information content (AvgIpc) is 2.70. The normalized spacial score (nSPS) is 11.2. The molecule has 0 heterocycles. The highest BCUT2D eigenvalue weighted by molar-refractivity contribution is 7.91. The third-order valence-corrected chi connectivity index (χ3v) is 6.40. The van der Waals surface area contributed by atoms with Crippen molar-refractivity contribution in [1.82, 2.24) is 0 Å². The summed E-state index contributed by atoms with van der Waals surface area (Å²) in [5, 5.41) is 3.41. The van der Waals surface area contributed by atoms with Crippen molar-refractivity contribution in [3.8, 4) is 0 Å². The molecule has 1 N–H and O–H groups in total. The van der Waals surface area contributed by atoms with E-state index in [-0.39, 0.29) is 16.6 Å². The minimum Gasteiger partial charge on any atom is -0.322 e. The summed E-state index contributed by atoms with van der Waals surface area (Å²) in [7, 11) is -3.37. The van der Waals surface area contributed by atoms with Gasteiger partial charge in [-0.2, -0.15) is 0 Å². The predicted molar refractivity (Wildman–Crippen MR) is 113 cm³/mol. The van der Waals surface area contributed by atoms with Gasteiger partial charge in [0.15, 0.2) is 9.84 Å². The number of amides is 1. The first kappa shape index (κ1) is 20.1. The minimum atomic E-state index is -3.37. The minimum absolute atomic E-state index is 0.0234. The molecule has 28 heavy (non-hydrogen) atoms. The topological polar surface area (TPSA) is 63.2 Å². The second-order valence-electron chi connectivity index (χ2n) is 6.35. The van der Waals surface area contributed by atoms with Crippen LogP contribution in [0.2, 0.25) is 5.02 Å². The molecule has 3 aromatic carbocycles. The molecular weight excluding hydrogens is 394 g/mol. The van der Waals surface area contributed by atoms with E-state index in [2.05, 4.69) is 5.32 Å². The Morgan fingerprint density at radius 1 is 0.857 bits per heavy atom. The van der Waals surface area contributed by atoms with Crippen LogP contribution in [-0.4, -0.2) is 20.1 Å². The van der Waals surface area contributed by atoms with Crippen molar-refractivity contribution in [2.45, 2.75) is 17.7 Å². The van der Waals surface area contributed by atoms with Crippen molar-refractivity contribution in [2.24, 2.45) is 0 Å². The highest BCUT2D eigenvalue weighted by atomic mass is 35.5. The SMILES string of the molecule is O=C(Nc1ccccc1CCCS(=O)(=O)c1ccc(Cl)cc1)c1ccccc1. The van der Waals surface area contributed by atoms with Crippen molar-refractivity contribution >= 4 is 33.0 Å². The van der Waals surface area contributed by atoms with Crippen LogP contribution >= 0.6 is 11.6 Å². The Hall–Kier alpha value is -2.63. The van der Waals surface area contributed by atoms with Crippen LogP contribution in [0.1, 0.15) is 22.3 Å². The summed E-state index contributed by atoms with van der Waals surface area (Å²) in [6.45, 7) is 0. The van der Waals surface area contributed by atoms with Gasteiger partial charge in [-0.05, 0) is 60.9 Å². The molecule has 0 saturated heterocycles. The number of carbonyl (C=O) groups excluding carboxylic acids is 1. The van der Waals surface area contributed by atoms with E-state index < -0.39 is 9.84 Å². The number of halogens is 1. The number of benzene rings is 3. The summed E-state index contributed by atoms with van der Waals surface area (Å²) in [6.07, 6.45) is 0.987. The van der Waals surface area contributed by atoms with E-state index in [0.717, 1.165) is 5.56 Å². The number of hydrogen-bond donors (Lipinski definition) is 1. The zero-order chi connectivity index (χ0) is 20.0. The Balaban J connectivity index is 1.65. The zero-order valence-corrected chi connectivity index (χ0v) is 16.7. The second kappa shape index (κ2) is 9.04. The Morgan fingerprint density at radius 3 is 2.21 bits per heavy atom. The van der Waals surface area contributed by atoms with Gasteiger partial charge in [0.25, 0.3) is 5.91 Å². The van der Waals surface area contributed by atoms with Crippen LogP contribution in [0.4, 0.5) is 5.69 Å². The summed E-state index contributed by atoms with van der Waals surface area (Å²) >= 11 is 5.82. The third-order valence-electron chi connectivity index (χ3n) is 4.33. The van der Waals surface area contributed by atoms with Crippen LogP contribution in [-0.2, 0) is 16.3 Å². The molecule has 3 rings (SSSR count). The number of rotatable bonds is 7. The predicted octanol–water partition coefficient (Wildman–Crippen LogP) is 5.00. The quantitative estimate of drug-likeness (QED) is 0.592. The van der Waals surface area contributed by atoms with E-state index in [9.17, 15) is 13.2 Å². The highest BCUT2D eigenvalue weighted by Crippen LogP contribution is 2.20. The van der Waals surface area contributed by atoms with Gasteiger partial charge in [-0.25, -0.2) is 8.42 Å². The van der Waals surface area contributed by atoms with Gasteiger partial charge in [0, 0.05) is 16.3 Å². The van der Waals surface area contributed by atoms with Gasteiger partial charge in [0.1, 0.15) is 0 Å². The maximum atomic E-state index is 12.5. The second-order valence-corrected chi connectivity index (χ2v) is 8.90. The number of aryl methyl sites for hydroxylation is 1. The fourth-order valence-electron chi connectivity index (χ4n) is 2.86. The van der Waals surface area contributed by atoms with Crippen LogP contribution in [0.5, 0.6) is 0 Å². The molecule has 0 aliphatic heterocycles. The van der Waals surface area contributed by atoms with Crippen molar-refractivity contribution in [2.75, 3.05) is 11.1 Å². The van der Waals surface area contributed by atoms with E-state index in [1.165, 1.54) is 12.1 Å². The molecule has 0 aromatic heterocycles. The van der Waals surface area contributed by atoms with E-state index >= 15 is 0 Å². The van der Waals surface area contributed by atoms with Crippen molar-refractivity contribution < 1.29 is 13.2 Å². The molecule has 1 amide bonds. The number of nitrogens with one attached hydrogen (secondary N) is 1. The number of para-hydroxylation sites is 1. The van der Waals surface area contributed by atoms with Gasteiger partial charge in [0.05, 0.1) is 10.6 Å². The summed E-state index contributed by atoms with van der Waals surface area (Å²) in [6, 6.07) is 22.6. The molecule has 3 aromatic rings. The van der Waals surface area contributed by atoms with Gasteiger partial charge in [0.2, 0.25) is 0 Å². The number of sulfone groups is 1. The average molecular weight is 414 g/mol. The Kier molecular flexibility index (Phi) is 6.49. The van der Waals surface area contributed by atoms with Crippen LogP contribution < -0.4 is 5.32 Å². The van der Waals surface area contributed by atoms with E-state index in [1.54, 1.807) is 24.3 Å². The molecule has 0 unspecified atom stereocenters. The summed E-state index contributed by atoms with van der Waals surface area (Å²) < 4.78 is 24.9. The highest BCUT2D eigenvalue weighted by Gasteiger charge is 2.15. The maximum Gasteiger partial charge on any atom is 0.255 e. The Labute approximate surface area is 170 Å². The molecule has 0 radical (unpaired) electrons. The van der Waals surface area contributed by atoms with Crippen LogP contribution in [0.15, 0.2) is 83.8 Å². The number of hydrogen-bond acceptors (Lipinski definition) is 3. The van der Waals surface area contributed by atoms with Crippen molar-refractivity contribution in [1.29, 1.82) is 0 Å². The van der Waals surface area contributed by atoms with E-state index in [4.69, 9.17) is 11.6 Å². The van der Waals surface area contributed by atoms with Crippen LogP contribution in [0.3, 0.4) is 0 Å². The lowest BCUT2D eigenvalue weighted by Crippen LogP contribution is -2.13. The number of carbonyl (C=O) groups is 1. The molecule has 0 atom stereocenters. The van der Waals surface area contributed by atoms with Crippen molar-refractivity contribution in [3.63, 3.8) is 0 Å². The van der Waals surface area contributed by atoms with Crippen LogP contribution in [0, 0.1) is 0 Å². The fraction of sp³-hybridized carbons (Fsp3) is 0.136. The monoisotopic (exact) mass is 413 g/mol. The first-order valence-corrected chi connectivity index (χ1v) is 10.9. The fourth-order valence-corrected chi connectivity index (χ4v) is 4.29. The largest absolute Gasteiger partial charge is 0.322 e. The third kappa shape index (κ3) is 5.21. The van der Waals surface area contributed by atoms with Crippen LogP contribution in [0.25, 0.3) is 0 Å². The molecule has 0 aliphatic carbocycles. The summed E-state index contributed by atoms with van der Waals surface area (Å²) in [5.74, 6) is -0.169. The van der Waals surface area contributed by atoms with E-state index in [1.807, 2.05) is 42.5 Å². The molecule has 0 saturated carbocycles. The lowest BCUT2D eigenvalue weighted by molar-refractivity contribution is 0.102. The molecular formula is C22H20ClNO3S. The van der Waals surface area contributed by atoms with Gasteiger partial charge in [-0.15, -0.1) is 0 Å². The first-order chi connectivity index (χ1) is 13.5. The Morgan fingerprint density at radius 2 is 1.50 bits per heavy atom. The zero-order valence-electron chi connectivity index (χ0n) is 15.1. The molecule has 0 bridgehead atoms. The molecule has 4 nitrogen and oxygen atoms in total. The van der Waals surface area contributed by atoms with Crippen molar-refractivity contribution in [3.05, 3.63) is 95.0 Å². The first-order valence-electron chi connectivity index (χ1n) is 8.88. The standard InChI is InChI=1S/C22H20ClNO3S/c23-19-12-14-20(15-13-19)28(26,27)16-6-10-17-7-4-5-11-21(17)24-22(25)18-8-2-1-3-9-18/h1-5,7-9,11-15H,6,10,16H2,(H,24,25). The van der Waals surface area contributed by atoms with E-state index in [0.29, 0.717) is 29.1 Å². The van der Waals surface area contributed by atoms with Gasteiger partial charge in [-0.1, -0.05) is 48.0 Å². The lowest BCUT2D eigenvalue weighted by Gasteiger charge is -2.11. The lowest BCUT2D eigenvalue weighted by atomic mass is 10.1. The summed E-state index contributed by atoms with van der Waals surface area (Å²) in [5.41, 5.74) is 2.17. The van der Waals surface area contributed by atoms with Gasteiger partial charge >= 0.3 is 0 Å². The molecule has 0 fully saturated rings. The van der Waals surface area contributed by atoms with Gasteiger partial charge < -0.3 is 5.32 Å². The summed E-state index contributed by atoms with van der Waals surface area (Å²) in [4.78, 5) is 12.7. The molecule has 0 spiro atoms. The smallest absolute Gasteiger partial charge is 0.255 e. The maximum absolute atomic E-state index is 12.5. The number of anilines is 1. The molecule has 6 heteroatoms.